The lowest BCUT2D eigenvalue weighted by atomic mass is 10.0. The van der Waals surface area contributed by atoms with Gasteiger partial charge < -0.3 is 14.5 Å². The average molecular weight is 427 g/mol. The third kappa shape index (κ3) is 6.48. The Labute approximate surface area is 176 Å². The Hall–Kier alpha value is -2.03. The largest absolute Gasteiger partial charge is 0.480 e. The van der Waals surface area contributed by atoms with Gasteiger partial charge in [-0.05, 0) is 64.5 Å². The lowest BCUT2D eigenvalue weighted by molar-refractivity contribution is -0.138. The summed E-state index contributed by atoms with van der Waals surface area (Å²) in [6.45, 7) is 4.67. The number of aliphatic carboxylic acids is 1. The molecule has 160 valence electrons. The van der Waals surface area contributed by atoms with Crippen molar-refractivity contribution in [3.63, 3.8) is 0 Å². The van der Waals surface area contributed by atoms with Crippen LogP contribution >= 0.6 is 12.4 Å². The first-order valence-electron chi connectivity index (χ1n) is 9.66. The number of likely N-dealkylation sites (N-methyl/N-ethyl adjacent to an activating group) is 1. The standard InChI is InChI=1S/C20H27FN4O3.ClH/c1-14-5-6-15(12-17(14)21)20-22-18(28-23-20)4-3-9-25-10-7-16(8-11-25)24(2)13-19(26)27;/h5-6,12,16H,3-4,7-11,13H2,1-2H3,(H,26,27);1H. The number of hydrogen-bond acceptors (Lipinski definition) is 6. The number of nitrogens with zero attached hydrogens (tertiary/aromatic N) is 4. The predicted molar refractivity (Wildman–Crippen MR) is 110 cm³/mol. The lowest BCUT2D eigenvalue weighted by Crippen LogP contribution is -2.45. The fourth-order valence-electron chi connectivity index (χ4n) is 3.59. The van der Waals surface area contributed by atoms with Gasteiger partial charge in [0.15, 0.2) is 0 Å². The molecular weight excluding hydrogens is 399 g/mol. The van der Waals surface area contributed by atoms with Gasteiger partial charge in [-0.3, -0.25) is 9.69 Å². The Morgan fingerprint density at radius 2 is 2.10 bits per heavy atom. The third-order valence-electron chi connectivity index (χ3n) is 5.33. The highest BCUT2D eigenvalue weighted by Gasteiger charge is 2.23. The zero-order valence-electron chi connectivity index (χ0n) is 16.8. The number of carboxylic acid groups (broad SMARTS) is 1. The number of likely N-dealkylation sites (tertiary alicyclic amines) is 1. The molecule has 0 spiro atoms. The second kappa shape index (κ2) is 10.7. The molecule has 0 radical (unpaired) electrons. The molecule has 0 amide bonds. The van der Waals surface area contributed by atoms with Gasteiger partial charge in [0.05, 0.1) is 6.54 Å². The van der Waals surface area contributed by atoms with E-state index < -0.39 is 5.97 Å². The lowest BCUT2D eigenvalue weighted by Gasteiger charge is -2.36. The average Bonchev–Trinajstić information content (AvgIpc) is 3.13. The Balaban J connectivity index is 0.00000300. The van der Waals surface area contributed by atoms with Crippen LogP contribution < -0.4 is 0 Å². The fourth-order valence-corrected chi connectivity index (χ4v) is 3.59. The van der Waals surface area contributed by atoms with E-state index in [1.54, 1.807) is 19.1 Å². The van der Waals surface area contributed by atoms with Crippen LogP contribution in [-0.2, 0) is 11.2 Å². The molecule has 2 heterocycles. The quantitative estimate of drug-likeness (QED) is 0.694. The molecule has 9 heteroatoms. The predicted octanol–water partition coefficient (Wildman–Crippen LogP) is 3.02. The molecule has 1 fully saturated rings. The molecule has 1 aliphatic heterocycles. The molecule has 0 atom stereocenters. The maximum absolute atomic E-state index is 13.7. The van der Waals surface area contributed by atoms with Gasteiger partial charge >= 0.3 is 5.97 Å². The summed E-state index contributed by atoms with van der Waals surface area (Å²) in [5.74, 6) is -0.0817. The number of benzene rings is 1. The molecule has 1 aliphatic rings. The van der Waals surface area contributed by atoms with Crippen molar-refractivity contribution in [3.8, 4) is 11.4 Å². The second-order valence-corrected chi connectivity index (χ2v) is 7.46. The van der Waals surface area contributed by atoms with Crippen molar-refractivity contribution < 1.29 is 18.8 Å². The van der Waals surface area contributed by atoms with Crippen LogP contribution in [0.15, 0.2) is 22.7 Å². The van der Waals surface area contributed by atoms with Gasteiger partial charge in [-0.25, -0.2) is 4.39 Å². The van der Waals surface area contributed by atoms with E-state index in [9.17, 15) is 9.18 Å². The van der Waals surface area contributed by atoms with E-state index in [2.05, 4.69) is 15.0 Å². The van der Waals surface area contributed by atoms with Gasteiger partial charge in [0.1, 0.15) is 5.82 Å². The molecule has 2 aromatic rings. The van der Waals surface area contributed by atoms with Crippen molar-refractivity contribution in [2.45, 2.75) is 38.6 Å². The zero-order chi connectivity index (χ0) is 20.1. The number of carboxylic acids is 1. The number of aryl methyl sites for hydroxylation is 2. The molecule has 0 bridgehead atoms. The minimum Gasteiger partial charge on any atom is -0.480 e. The molecule has 29 heavy (non-hydrogen) atoms. The van der Waals surface area contributed by atoms with Crippen LogP contribution in [0.2, 0.25) is 0 Å². The molecule has 1 N–H and O–H groups in total. The molecule has 0 unspecified atom stereocenters. The first kappa shape index (κ1) is 23.3. The molecule has 1 aromatic carbocycles. The topological polar surface area (TPSA) is 82.7 Å². The molecule has 0 saturated carbocycles. The Bertz CT molecular complexity index is 809. The summed E-state index contributed by atoms with van der Waals surface area (Å²) in [7, 11) is 1.88. The maximum Gasteiger partial charge on any atom is 0.317 e. The van der Waals surface area contributed by atoms with Gasteiger partial charge in [-0.15, -0.1) is 12.4 Å². The highest BCUT2D eigenvalue weighted by molar-refractivity contribution is 5.85. The number of halogens is 2. The van der Waals surface area contributed by atoms with Crippen LogP contribution in [0.5, 0.6) is 0 Å². The zero-order valence-corrected chi connectivity index (χ0v) is 17.6. The summed E-state index contributed by atoms with van der Waals surface area (Å²) in [5, 5.41) is 12.9. The van der Waals surface area contributed by atoms with Crippen LogP contribution in [-0.4, -0.2) is 70.3 Å². The molecule has 7 nitrogen and oxygen atoms in total. The number of carbonyl (C=O) groups is 1. The summed E-state index contributed by atoms with van der Waals surface area (Å²) < 4.78 is 19.0. The highest BCUT2D eigenvalue weighted by Crippen LogP contribution is 2.20. The van der Waals surface area contributed by atoms with Crippen molar-refractivity contribution in [1.29, 1.82) is 0 Å². The Morgan fingerprint density at radius 3 is 2.76 bits per heavy atom. The van der Waals surface area contributed by atoms with E-state index in [0.717, 1.165) is 38.9 Å². The van der Waals surface area contributed by atoms with Crippen LogP contribution in [0.1, 0.15) is 30.7 Å². The minimum atomic E-state index is -0.780. The fraction of sp³-hybridized carbons (Fsp3) is 0.550. The van der Waals surface area contributed by atoms with E-state index in [1.807, 2.05) is 11.9 Å². The van der Waals surface area contributed by atoms with Crippen LogP contribution in [0.3, 0.4) is 0 Å². The first-order valence-corrected chi connectivity index (χ1v) is 9.66. The third-order valence-corrected chi connectivity index (χ3v) is 5.33. The maximum atomic E-state index is 13.7. The number of hydrogen-bond donors (Lipinski definition) is 1. The summed E-state index contributed by atoms with van der Waals surface area (Å²) >= 11 is 0. The van der Waals surface area contributed by atoms with Gasteiger partial charge in [-0.1, -0.05) is 17.3 Å². The Morgan fingerprint density at radius 1 is 1.38 bits per heavy atom. The number of rotatable bonds is 8. The van der Waals surface area contributed by atoms with Crippen LogP contribution in [0.25, 0.3) is 11.4 Å². The summed E-state index contributed by atoms with van der Waals surface area (Å²) in [4.78, 5) is 19.5. The molecule has 3 rings (SSSR count). The van der Waals surface area contributed by atoms with Crippen molar-refractivity contribution >= 4 is 18.4 Å². The smallest absolute Gasteiger partial charge is 0.317 e. The van der Waals surface area contributed by atoms with Gasteiger partial charge in [0.2, 0.25) is 11.7 Å². The summed E-state index contributed by atoms with van der Waals surface area (Å²) in [5.41, 5.74) is 1.20. The molecular formula is C20H28ClFN4O3. The van der Waals surface area contributed by atoms with E-state index in [-0.39, 0.29) is 24.8 Å². The SMILES string of the molecule is Cc1ccc(-c2noc(CCCN3CCC(N(C)CC(=O)O)CC3)n2)cc1F.Cl. The molecule has 1 aromatic heterocycles. The molecule has 1 saturated heterocycles. The monoisotopic (exact) mass is 426 g/mol. The van der Waals surface area contributed by atoms with E-state index in [0.29, 0.717) is 35.3 Å². The van der Waals surface area contributed by atoms with Crippen molar-refractivity contribution in [1.82, 2.24) is 19.9 Å². The van der Waals surface area contributed by atoms with Crippen LogP contribution in [0.4, 0.5) is 4.39 Å². The van der Waals surface area contributed by atoms with Gasteiger partial charge in [0, 0.05) is 18.0 Å². The number of piperidine rings is 1. The van der Waals surface area contributed by atoms with E-state index >= 15 is 0 Å². The summed E-state index contributed by atoms with van der Waals surface area (Å²) in [6, 6.07) is 5.26. The normalized spacial score (nSPS) is 15.4. The highest BCUT2D eigenvalue weighted by atomic mass is 35.5. The first-order chi connectivity index (χ1) is 13.4. The van der Waals surface area contributed by atoms with E-state index in [1.165, 1.54) is 6.07 Å². The van der Waals surface area contributed by atoms with Gasteiger partial charge in [-0.2, -0.15) is 4.98 Å². The minimum absolute atomic E-state index is 0. The van der Waals surface area contributed by atoms with E-state index in [4.69, 9.17) is 9.63 Å². The second-order valence-electron chi connectivity index (χ2n) is 7.46. The van der Waals surface area contributed by atoms with Crippen molar-refractivity contribution in [2.75, 3.05) is 33.2 Å². The summed E-state index contributed by atoms with van der Waals surface area (Å²) in [6.07, 6.45) is 3.54. The molecule has 0 aliphatic carbocycles. The van der Waals surface area contributed by atoms with Crippen molar-refractivity contribution in [3.05, 3.63) is 35.5 Å². The number of aromatic nitrogens is 2. The van der Waals surface area contributed by atoms with Crippen LogP contribution in [0, 0.1) is 12.7 Å². The van der Waals surface area contributed by atoms with Gasteiger partial charge in [0.25, 0.3) is 0 Å². The van der Waals surface area contributed by atoms with Crippen molar-refractivity contribution in [2.24, 2.45) is 0 Å². The Kier molecular flexibility index (Phi) is 8.55.